The van der Waals surface area contributed by atoms with Crippen LogP contribution in [0.2, 0.25) is 0 Å². The predicted octanol–water partition coefficient (Wildman–Crippen LogP) is 2.34. The van der Waals surface area contributed by atoms with Crippen molar-refractivity contribution in [2.24, 2.45) is 11.7 Å². The van der Waals surface area contributed by atoms with Crippen LogP contribution >= 0.6 is 12.4 Å². The van der Waals surface area contributed by atoms with E-state index in [0.29, 0.717) is 11.8 Å². The maximum absolute atomic E-state index is 12.8. The summed E-state index contributed by atoms with van der Waals surface area (Å²) in [5.74, 6) is 0.724. The molecule has 1 saturated carbocycles. The molecule has 3 rings (SSSR count). The van der Waals surface area contributed by atoms with Crippen molar-refractivity contribution in [3.63, 3.8) is 0 Å². The summed E-state index contributed by atoms with van der Waals surface area (Å²) in [4.78, 5) is 14.9. The first-order chi connectivity index (χ1) is 9.13. The number of hydrogen-bond donors (Lipinski definition) is 1. The largest absolute Gasteiger partial charge is 0.342 e. The van der Waals surface area contributed by atoms with Crippen LogP contribution in [0.3, 0.4) is 0 Å². The second-order valence-corrected chi connectivity index (χ2v) is 6.13. The number of rotatable bonds is 2. The van der Waals surface area contributed by atoms with E-state index in [0.717, 1.165) is 32.4 Å². The second-order valence-electron chi connectivity index (χ2n) is 6.13. The molecule has 1 amide bonds. The number of carbonyl (C=O) groups is 1. The standard InChI is InChI=1S/C16H22N2O.ClH/c1-12-11-18(10-7-14(12)17)15(19)16(8-9-16)13-5-3-2-4-6-13;/h2-6,12,14H,7-11,17H2,1H3;1H. The molecule has 0 spiro atoms. The van der Waals surface area contributed by atoms with E-state index in [4.69, 9.17) is 5.73 Å². The average Bonchev–Trinajstić information content (AvgIpc) is 3.24. The Morgan fingerprint density at radius 1 is 1.30 bits per heavy atom. The number of amides is 1. The minimum absolute atomic E-state index is 0. The van der Waals surface area contributed by atoms with E-state index in [2.05, 4.69) is 19.1 Å². The second kappa shape index (κ2) is 5.74. The molecule has 2 fully saturated rings. The molecule has 1 aromatic carbocycles. The number of likely N-dealkylation sites (tertiary alicyclic amines) is 1. The van der Waals surface area contributed by atoms with Crippen molar-refractivity contribution >= 4 is 18.3 Å². The van der Waals surface area contributed by atoms with Crippen LogP contribution in [0.1, 0.15) is 31.7 Å². The van der Waals surface area contributed by atoms with E-state index >= 15 is 0 Å². The molecule has 4 heteroatoms. The van der Waals surface area contributed by atoms with Crippen LogP contribution in [0.25, 0.3) is 0 Å². The Kier molecular flexibility index (Phi) is 4.40. The molecular formula is C16H23ClN2O. The normalized spacial score (nSPS) is 27.6. The Balaban J connectivity index is 0.00000147. The van der Waals surface area contributed by atoms with Crippen molar-refractivity contribution in [1.29, 1.82) is 0 Å². The average molecular weight is 295 g/mol. The third kappa shape index (κ3) is 2.57. The monoisotopic (exact) mass is 294 g/mol. The lowest BCUT2D eigenvalue weighted by Crippen LogP contribution is -2.50. The molecule has 1 saturated heterocycles. The fourth-order valence-electron chi connectivity index (χ4n) is 3.16. The number of carbonyl (C=O) groups excluding carboxylic acids is 1. The van der Waals surface area contributed by atoms with Crippen molar-refractivity contribution in [1.82, 2.24) is 4.90 Å². The highest BCUT2D eigenvalue weighted by atomic mass is 35.5. The summed E-state index contributed by atoms with van der Waals surface area (Å²) < 4.78 is 0. The third-order valence-corrected chi connectivity index (χ3v) is 4.74. The van der Waals surface area contributed by atoms with Crippen molar-refractivity contribution in [3.8, 4) is 0 Å². The molecule has 2 unspecified atom stereocenters. The molecule has 1 aromatic rings. The van der Waals surface area contributed by atoms with Gasteiger partial charge < -0.3 is 10.6 Å². The van der Waals surface area contributed by atoms with Crippen LogP contribution in [0, 0.1) is 5.92 Å². The van der Waals surface area contributed by atoms with Gasteiger partial charge in [0.05, 0.1) is 5.41 Å². The Morgan fingerprint density at radius 3 is 2.50 bits per heavy atom. The first-order valence-electron chi connectivity index (χ1n) is 7.24. The van der Waals surface area contributed by atoms with E-state index in [1.807, 2.05) is 23.1 Å². The number of halogens is 1. The molecule has 20 heavy (non-hydrogen) atoms. The third-order valence-electron chi connectivity index (χ3n) is 4.74. The lowest BCUT2D eigenvalue weighted by atomic mass is 9.90. The molecule has 0 radical (unpaired) electrons. The Labute approximate surface area is 126 Å². The van der Waals surface area contributed by atoms with Gasteiger partial charge in [0.2, 0.25) is 5.91 Å². The zero-order valence-corrected chi connectivity index (χ0v) is 12.7. The fourth-order valence-corrected chi connectivity index (χ4v) is 3.16. The summed E-state index contributed by atoms with van der Waals surface area (Å²) in [7, 11) is 0. The zero-order valence-electron chi connectivity index (χ0n) is 11.9. The topological polar surface area (TPSA) is 46.3 Å². The highest BCUT2D eigenvalue weighted by Gasteiger charge is 2.53. The minimum Gasteiger partial charge on any atom is -0.342 e. The van der Waals surface area contributed by atoms with Crippen molar-refractivity contribution < 1.29 is 4.79 Å². The van der Waals surface area contributed by atoms with Crippen molar-refractivity contribution in [3.05, 3.63) is 35.9 Å². The summed E-state index contributed by atoms with van der Waals surface area (Å²) in [6.07, 6.45) is 2.91. The number of nitrogens with two attached hydrogens (primary N) is 1. The van der Waals surface area contributed by atoms with Crippen LogP contribution in [0.15, 0.2) is 30.3 Å². The van der Waals surface area contributed by atoms with Crippen LogP contribution in [-0.2, 0) is 10.2 Å². The summed E-state index contributed by atoms with van der Waals surface area (Å²) in [5.41, 5.74) is 7.00. The summed E-state index contributed by atoms with van der Waals surface area (Å²) in [6, 6.07) is 10.5. The minimum atomic E-state index is -0.220. The van der Waals surface area contributed by atoms with Gasteiger partial charge in [-0.2, -0.15) is 0 Å². The number of hydrogen-bond acceptors (Lipinski definition) is 2. The smallest absolute Gasteiger partial charge is 0.233 e. The van der Waals surface area contributed by atoms with Crippen molar-refractivity contribution in [2.45, 2.75) is 37.6 Å². The van der Waals surface area contributed by atoms with Crippen LogP contribution < -0.4 is 5.73 Å². The van der Waals surface area contributed by atoms with Gasteiger partial charge >= 0.3 is 0 Å². The Bertz CT molecular complexity index is 473. The maximum atomic E-state index is 12.8. The molecule has 2 aliphatic rings. The van der Waals surface area contributed by atoms with E-state index in [9.17, 15) is 4.79 Å². The molecule has 0 bridgehead atoms. The van der Waals surface area contributed by atoms with Gasteiger partial charge in [-0.3, -0.25) is 4.79 Å². The van der Waals surface area contributed by atoms with E-state index in [1.54, 1.807) is 0 Å². The first kappa shape index (κ1) is 15.3. The molecule has 0 aromatic heterocycles. The van der Waals surface area contributed by atoms with Crippen LogP contribution in [-0.4, -0.2) is 29.9 Å². The van der Waals surface area contributed by atoms with Gasteiger partial charge in [0.25, 0.3) is 0 Å². The fraction of sp³-hybridized carbons (Fsp3) is 0.562. The molecule has 1 heterocycles. The predicted molar refractivity (Wildman–Crippen MR) is 82.9 cm³/mol. The van der Waals surface area contributed by atoms with E-state index in [-0.39, 0.29) is 23.9 Å². The molecule has 1 aliphatic heterocycles. The number of benzene rings is 1. The Morgan fingerprint density at radius 2 is 1.95 bits per heavy atom. The highest BCUT2D eigenvalue weighted by molar-refractivity contribution is 5.91. The number of piperidine rings is 1. The molecule has 2 N–H and O–H groups in total. The molecule has 110 valence electrons. The quantitative estimate of drug-likeness (QED) is 0.910. The Hall–Kier alpha value is -1.06. The maximum Gasteiger partial charge on any atom is 0.233 e. The SMILES string of the molecule is CC1CN(C(=O)C2(c3ccccc3)CC2)CCC1N.Cl. The lowest BCUT2D eigenvalue weighted by molar-refractivity contribution is -0.135. The lowest BCUT2D eigenvalue weighted by Gasteiger charge is -2.37. The van der Waals surface area contributed by atoms with Gasteiger partial charge in [-0.25, -0.2) is 0 Å². The van der Waals surface area contributed by atoms with Crippen LogP contribution in [0.4, 0.5) is 0 Å². The highest BCUT2D eigenvalue weighted by Crippen LogP contribution is 2.49. The van der Waals surface area contributed by atoms with Gasteiger partial charge in [-0.05, 0) is 30.7 Å². The van der Waals surface area contributed by atoms with Crippen LogP contribution in [0.5, 0.6) is 0 Å². The van der Waals surface area contributed by atoms with Gasteiger partial charge in [0.15, 0.2) is 0 Å². The van der Waals surface area contributed by atoms with Crippen molar-refractivity contribution in [2.75, 3.05) is 13.1 Å². The van der Waals surface area contributed by atoms with Gasteiger partial charge in [-0.15, -0.1) is 12.4 Å². The summed E-state index contributed by atoms with van der Waals surface area (Å²) in [5, 5.41) is 0. The van der Waals surface area contributed by atoms with Gasteiger partial charge in [0, 0.05) is 19.1 Å². The summed E-state index contributed by atoms with van der Waals surface area (Å²) in [6.45, 7) is 3.78. The van der Waals surface area contributed by atoms with E-state index in [1.165, 1.54) is 5.56 Å². The molecular weight excluding hydrogens is 272 g/mol. The van der Waals surface area contributed by atoms with Gasteiger partial charge in [-0.1, -0.05) is 37.3 Å². The molecule has 1 aliphatic carbocycles. The molecule has 2 atom stereocenters. The number of nitrogens with zero attached hydrogens (tertiary/aromatic N) is 1. The molecule has 3 nitrogen and oxygen atoms in total. The van der Waals surface area contributed by atoms with E-state index < -0.39 is 0 Å². The van der Waals surface area contributed by atoms with Gasteiger partial charge in [0.1, 0.15) is 0 Å². The zero-order chi connectivity index (χ0) is 13.5. The first-order valence-corrected chi connectivity index (χ1v) is 7.24. The summed E-state index contributed by atoms with van der Waals surface area (Å²) >= 11 is 0.